The molecule has 0 bridgehead atoms. The second-order valence-corrected chi connectivity index (χ2v) is 6.55. The van der Waals surface area contributed by atoms with Crippen molar-refractivity contribution in [1.82, 2.24) is 15.5 Å². The van der Waals surface area contributed by atoms with Gasteiger partial charge < -0.3 is 15.5 Å². The van der Waals surface area contributed by atoms with Crippen LogP contribution in [0.4, 0.5) is 0 Å². The van der Waals surface area contributed by atoms with E-state index in [1.807, 2.05) is 6.92 Å². The monoisotopic (exact) mass is 345 g/mol. The van der Waals surface area contributed by atoms with Crippen molar-refractivity contribution in [3.63, 3.8) is 0 Å². The third-order valence-electron chi connectivity index (χ3n) is 4.89. The minimum absolute atomic E-state index is 0. The fourth-order valence-corrected chi connectivity index (χ4v) is 3.61. The van der Waals surface area contributed by atoms with Gasteiger partial charge >= 0.3 is 0 Å². The molecule has 1 atom stereocenters. The lowest BCUT2D eigenvalue weighted by atomic mass is 10.1. The van der Waals surface area contributed by atoms with Crippen LogP contribution in [0.5, 0.6) is 0 Å². The van der Waals surface area contributed by atoms with Crippen LogP contribution in [0, 0.1) is 0 Å². The number of carbonyl (C=O) groups excluding carboxylic acids is 2. The van der Waals surface area contributed by atoms with Crippen molar-refractivity contribution in [1.29, 1.82) is 0 Å². The molecule has 5 nitrogen and oxygen atoms in total. The van der Waals surface area contributed by atoms with E-state index in [2.05, 4.69) is 10.6 Å². The van der Waals surface area contributed by atoms with Crippen LogP contribution < -0.4 is 10.6 Å². The Morgan fingerprint density at radius 2 is 1.87 bits per heavy atom. The normalized spacial score (nSPS) is 20.7. The van der Waals surface area contributed by atoms with Crippen molar-refractivity contribution in [3.05, 3.63) is 0 Å². The zero-order valence-corrected chi connectivity index (χ0v) is 15.1. The summed E-state index contributed by atoms with van der Waals surface area (Å²) in [6.07, 6.45) is 10.0. The third-order valence-corrected chi connectivity index (χ3v) is 4.89. The Morgan fingerprint density at radius 1 is 1.17 bits per heavy atom. The number of halogens is 1. The first-order valence-electron chi connectivity index (χ1n) is 9.03. The van der Waals surface area contributed by atoms with E-state index in [1.54, 1.807) is 4.90 Å². The SMILES string of the molecule is CCC(C(=O)NCCNC1CCCCCC1)N1CCCC1=O.Cl. The molecule has 0 aromatic rings. The second-order valence-electron chi connectivity index (χ2n) is 6.55. The lowest BCUT2D eigenvalue weighted by Crippen LogP contribution is -2.48. The Morgan fingerprint density at radius 3 is 2.43 bits per heavy atom. The summed E-state index contributed by atoms with van der Waals surface area (Å²) < 4.78 is 0. The van der Waals surface area contributed by atoms with Crippen LogP contribution >= 0.6 is 12.4 Å². The third kappa shape index (κ3) is 6.30. The zero-order valence-electron chi connectivity index (χ0n) is 14.3. The molecule has 0 aromatic carbocycles. The predicted molar refractivity (Wildman–Crippen MR) is 94.8 cm³/mol. The van der Waals surface area contributed by atoms with E-state index in [1.165, 1.54) is 38.5 Å². The van der Waals surface area contributed by atoms with Crippen molar-refractivity contribution in [2.45, 2.75) is 76.8 Å². The molecule has 6 heteroatoms. The lowest BCUT2D eigenvalue weighted by Gasteiger charge is -2.26. The summed E-state index contributed by atoms with van der Waals surface area (Å²) in [5.74, 6) is 0.124. The van der Waals surface area contributed by atoms with Crippen molar-refractivity contribution < 1.29 is 9.59 Å². The highest BCUT2D eigenvalue weighted by molar-refractivity contribution is 5.88. The first-order chi connectivity index (χ1) is 10.7. The van der Waals surface area contributed by atoms with Crippen LogP contribution in [0.15, 0.2) is 0 Å². The molecule has 1 heterocycles. The van der Waals surface area contributed by atoms with Gasteiger partial charge in [-0.25, -0.2) is 0 Å². The number of nitrogens with zero attached hydrogens (tertiary/aromatic N) is 1. The van der Waals surface area contributed by atoms with E-state index in [4.69, 9.17) is 0 Å². The van der Waals surface area contributed by atoms with Gasteiger partial charge in [-0.15, -0.1) is 12.4 Å². The van der Waals surface area contributed by atoms with Crippen molar-refractivity contribution >= 4 is 24.2 Å². The van der Waals surface area contributed by atoms with Gasteiger partial charge in [0.15, 0.2) is 0 Å². The molecule has 1 unspecified atom stereocenters. The Balaban J connectivity index is 0.00000264. The topological polar surface area (TPSA) is 61.4 Å². The fraction of sp³-hybridized carbons (Fsp3) is 0.882. The molecule has 134 valence electrons. The number of hydrogen-bond donors (Lipinski definition) is 2. The van der Waals surface area contributed by atoms with Gasteiger partial charge in [0, 0.05) is 32.1 Å². The molecule has 2 fully saturated rings. The Kier molecular flexibility index (Phi) is 9.56. The average Bonchev–Trinajstić information content (AvgIpc) is 2.78. The van der Waals surface area contributed by atoms with Gasteiger partial charge in [0.25, 0.3) is 0 Å². The van der Waals surface area contributed by atoms with Gasteiger partial charge in [0.2, 0.25) is 11.8 Å². The first kappa shape index (κ1) is 20.2. The minimum atomic E-state index is -0.284. The predicted octanol–water partition coefficient (Wildman–Crippen LogP) is 2.24. The smallest absolute Gasteiger partial charge is 0.242 e. The summed E-state index contributed by atoms with van der Waals surface area (Å²) in [4.78, 5) is 25.8. The summed E-state index contributed by atoms with van der Waals surface area (Å²) in [7, 11) is 0. The maximum absolute atomic E-state index is 12.3. The minimum Gasteiger partial charge on any atom is -0.353 e. The van der Waals surface area contributed by atoms with Gasteiger partial charge in [0.1, 0.15) is 6.04 Å². The lowest BCUT2D eigenvalue weighted by molar-refractivity contribution is -0.137. The fourth-order valence-electron chi connectivity index (χ4n) is 3.61. The van der Waals surface area contributed by atoms with Crippen molar-refractivity contribution in [2.24, 2.45) is 0 Å². The molecule has 2 N–H and O–H groups in total. The number of likely N-dealkylation sites (tertiary alicyclic amines) is 1. The zero-order chi connectivity index (χ0) is 15.8. The highest BCUT2D eigenvalue weighted by atomic mass is 35.5. The Bertz CT molecular complexity index is 371. The summed E-state index contributed by atoms with van der Waals surface area (Å²) >= 11 is 0. The first-order valence-corrected chi connectivity index (χ1v) is 9.03. The molecule has 2 rings (SSSR count). The molecule has 2 amide bonds. The maximum Gasteiger partial charge on any atom is 0.242 e. The molecular weight excluding hydrogens is 314 g/mol. The van der Waals surface area contributed by atoms with Gasteiger partial charge in [0.05, 0.1) is 0 Å². The van der Waals surface area contributed by atoms with Crippen LogP contribution in [0.2, 0.25) is 0 Å². The summed E-state index contributed by atoms with van der Waals surface area (Å²) in [6, 6.07) is 0.328. The molecular formula is C17H32ClN3O2. The standard InChI is InChI=1S/C17H31N3O2.ClH/c1-2-15(20-13-7-10-16(20)21)17(22)19-12-11-18-14-8-5-3-4-6-9-14;/h14-15,18H,2-13H2,1H3,(H,19,22);1H. The maximum atomic E-state index is 12.3. The van der Waals surface area contributed by atoms with Crippen LogP contribution in [0.1, 0.15) is 64.7 Å². The average molecular weight is 346 g/mol. The van der Waals surface area contributed by atoms with Gasteiger partial charge in [-0.1, -0.05) is 32.6 Å². The highest BCUT2D eigenvalue weighted by Crippen LogP contribution is 2.17. The van der Waals surface area contributed by atoms with Crippen LogP contribution in [0.25, 0.3) is 0 Å². The number of rotatable bonds is 7. The van der Waals surface area contributed by atoms with Crippen LogP contribution in [-0.2, 0) is 9.59 Å². The van der Waals surface area contributed by atoms with E-state index < -0.39 is 0 Å². The van der Waals surface area contributed by atoms with E-state index in [0.717, 1.165) is 19.5 Å². The van der Waals surface area contributed by atoms with E-state index in [-0.39, 0.29) is 30.3 Å². The van der Waals surface area contributed by atoms with Gasteiger partial charge in [-0.2, -0.15) is 0 Å². The van der Waals surface area contributed by atoms with Gasteiger partial charge in [-0.05, 0) is 25.7 Å². The molecule has 1 aliphatic heterocycles. The largest absolute Gasteiger partial charge is 0.353 e. The second kappa shape index (κ2) is 10.9. The number of carbonyl (C=O) groups is 2. The van der Waals surface area contributed by atoms with Crippen molar-refractivity contribution in [2.75, 3.05) is 19.6 Å². The Hall–Kier alpha value is -0.810. The van der Waals surface area contributed by atoms with E-state index in [9.17, 15) is 9.59 Å². The molecule has 0 radical (unpaired) electrons. The summed E-state index contributed by atoms with van der Waals surface area (Å²) in [5, 5.41) is 6.55. The molecule has 23 heavy (non-hydrogen) atoms. The molecule has 1 saturated heterocycles. The number of nitrogens with one attached hydrogen (secondary N) is 2. The Labute approximate surface area is 146 Å². The highest BCUT2D eigenvalue weighted by Gasteiger charge is 2.31. The molecule has 1 aliphatic carbocycles. The number of amides is 2. The van der Waals surface area contributed by atoms with Crippen molar-refractivity contribution in [3.8, 4) is 0 Å². The molecule has 0 spiro atoms. The van der Waals surface area contributed by atoms with E-state index >= 15 is 0 Å². The van der Waals surface area contributed by atoms with Crippen LogP contribution in [0.3, 0.4) is 0 Å². The molecule has 0 aromatic heterocycles. The van der Waals surface area contributed by atoms with E-state index in [0.29, 0.717) is 25.4 Å². The summed E-state index contributed by atoms with van der Waals surface area (Å²) in [5.41, 5.74) is 0. The molecule has 1 saturated carbocycles. The molecule has 2 aliphatic rings. The quantitative estimate of drug-likeness (QED) is 0.549. The number of hydrogen-bond acceptors (Lipinski definition) is 3. The van der Waals surface area contributed by atoms with Crippen LogP contribution in [-0.4, -0.2) is 48.4 Å². The van der Waals surface area contributed by atoms with Gasteiger partial charge in [-0.3, -0.25) is 9.59 Å². The summed E-state index contributed by atoms with van der Waals surface area (Å²) in [6.45, 7) is 4.17.